The van der Waals surface area contributed by atoms with Crippen molar-refractivity contribution in [2.45, 2.75) is 0 Å². The first-order valence-corrected chi connectivity index (χ1v) is 5.11. The van der Waals surface area contributed by atoms with Crippen LogP contribution in [0.1, 0.15) is 16.7 Å². The summed E-state index contributed by atoms with van der Waals surface area (Å²) in [5.41, 5.74) is 0.385. The fourth-order valence-corrected chi connectivity index (χ4v) is 1.95. The van der Waals surface area contributed by atoms with Gasteiger partial charge in [-0.25, -0.2) is 0 Å². The number of ether oxygens (including phenoxy) is 1. The summed E-state index contributed by atoms with van der Waals surface area (Å²) in [6, 6.07) is 12.9. The van der Waals surface area contributed by atoms with Gasteiger partial charge in [0.25, 0.3) is 0 Å². The number of rotatable bonds is 1. The zero-order valence-corrected chi connectivity index (χ0v) is 9.56. The highest BCUT2D eigenvalue weighted by molar-refractivity contribution is 5.97. The second-order valence-electron chi connectivity index (χ2n) is 3.54. The van der Waals surface area contributed by atoms with Crippen LogP contribution in [0.3, 0.4) is 0 Å². The summed E-state index contributed by atoms with van der Waals surface area (Å²) in [6.45, 7) is 0. The SMILES string of the molecule is COc1c(C#N)c(C#N)c(C#N)c2ccccc12. The largest absolute Gasteiger partial charge is 0.495 e. The Balaban J connectivity index is 3.13. The minimum atomic E-state index is 0.0653. The molecule has 0 heterocycles. The zero-order valence-electron chi connectivity index (χ0n) is 9.56. The van der Waals surface area contributed by atoms with E-state index >= 15 is 0 Å². The number of hydrogen-bond acceptors (Lipinski definition) is 4. The van der Waals surface area contributed by atoms with Crippen LogP contribution in [0.25, 0.3) is 10.8 Å². The van der Waals surface area contributed by atoms with Crippen LogP contribution in [0.15, 0.2) is 24.3 Å². The average molecular weight is 233 g/mol. The summed E-state index contributed by atoms with van der Waals surface area (Å²) >= 11 is 0. The van der Waals surface area contributed by atoms with Gasteiger partial charge in [-0.2, -0.15) is 15.8 Å². The predicted octanol–water partition coefficient (Wildman–Crippen LogP) is 2.46. The maximum atomic E-state index is 9.18. The van der Waals surface area contributed by atoms with Gasteiger partial charge in [0, 0.05) is 10.8 Å². The quantitative estimate of drug-likeness (QED) is 0.757. The average Bonchev–Trinajstić information content (AvgIpc) is 2.44. The molecule has 0 N–H and O–H groups in total. The molecular formula is C14H7N3O. The summed E-state index contributed by atoms with van der Waals surface area (Å²) in [5, 5.41) is 28.7. The lowest BCUT2D eigenvalue weighted by atomic mass is 9.94. The molecule has 2 aromatic carbocycles. The van der Waals surface area contributed by atoms with Crippen LogP contribution in [-0.2, 0) is 0 Å². The molecule has 0 saturated heterocycles. The highest BCUT2D eigenvalue weighted by Crippen LogP contribution is 2.35. The summed E-state index contributed by atoms with van der Waals surface area (Å²) < 4.78 is 5.21. The molecule has 0 radical (unpaired) electrons. The van der Waals surface area contributed by atoms with E-state index < -0.39 is 0 Å². The third-order valence-corrected chi connectivity index (χ3v) is 2.71. The number of methoxy groups -OCH3 is 1. The van der Waals surface area contributed by atoms with E-state index in [4.69, 9.17) is 15.3 Å². The van der Waals surface area contributed by atoms with Crippen LogP contribution in [-0.4, -0.2) is 7.11 Å². The number of nitriles is 3. The van der Waals surface area contributed by atoms with Gasteiger partial charge in [0.05, 0.1) is 18.2 Å². The molecule has 0 unspecified atom stereocenters. The van der Waals surface area contributed by atoms with Crippen LogP contribution >= 0.6 is 0 Å². The Labute approximate surface area is 104 Å². The third-order valence-electron chi connectivity index (χ3n) is 2.71. The second kappa shape index (κ2) is 4.45. The molecule has 0 saturated carbocycles. The molecule has 0 bridgehead atoms. The molecule has 2 aromatic rings. The molecule has 18 heavy (non-hydrogen) atoms. The van der Waals surface area contributed by atoms with Gasteiger partial charge in [-0.1, -0.05) is 24.3 Å². The maximum absolute atomic E-state index is 9.18. The van der Waals surface area contributed by atoms with E-state index in [2.05, 4.69) is 0 Å². The molecule has 0 aliphatic rings. The minimum Gasteiger partial charge on any atom is -0.495 e. The van der Waals surface area contributed by atoms with Crippen LogP contribution in [0.4, 0.5) is 0 Å². The fraction of sp³-hybridized carbons (Fsp3) is 0.0714. The van der Waals surface area contributed by atoms with Crippen molar-refractivity contribution in [2.75, 3.05) is 7.11 Å². The molecule has 4 nitrogen and oxygen atoms in total. The maximum Gasteiger partial charge on any atom is 0.145 e. The van der Waals surface area contributed by atoms with Gasteiger partial charge in [-0.15, -0.1) is 0 Å². The van der Waals surface area contributed by atoms with E-state index in [1.54, 1.807) is 24.3 Å². The van der Waals surface area contributed by atoms with E-state index in [1.807, 2.05) is 18.2 Å². The van der Waals surface area contributed by atoms with Crippen LogP contribution in [0, 0.1) is 34.0 Å². The first-order valence-electron chi connectivity index (χ1n) is 5.11. The lowest BCUT2D eigenvalue weighted by molar-refractivity contribution is 0.418. The number of benzene rings is 2. The molecule has 0 atom stereocenters. The molecule has 84 valence electrons. The Morgan fingerprint density at radius 1 is 0.833 bits per heavy atom. The van der Waals surface area contributed by atoms with Gasteiger partial charge in [0.2, 0.25) is 0 Å². The molecule has 0 aromatic heterocycles. The van der Waals surface area contributed by atoms with E-state index in [0.717, 1.165) is 0 Å². The lowest BCUT2D eigenvalue weighted by Gasteiger charge is -2.10. The number of nitrogens with zero attached hydrogens (tertiary/aromatic N) is 3. The Morgan fingerprint density at radius 2 is 1.39 bits per heavy atom. The summed E-state index contributed by atoms with van der Waals surface area (Å²) in [7, 11) is 1.44. The summed E-state index contributed by atoms with van der Waals surface area (Å²) in [6.07, 6.45) is 0. The van der Waals surface area contributed by atoms with E-state index in [0.29, 0.717) is 16.5 Å². The van der Waals surface area contributed by atoms with E-state index in [1.165, 1.54) is 7.11 Å². The van der Waals surface area contributed by atoms with Crippen molar-refractivity contribution in [3.63, 3.8) is 0 Å². The predicted molar refractivity (Wildman–Crippen MR) is 64.6 cm³/mol. The van der Waals surface area contributed by atoms with Crippen molar-refractivity contribution >= 4 is 10.8 Å². The van der Waals surface area contributed by atoms with Crippen LogP contribution < -0.4 is 4.74 Å². The Bertz CT molecular complexity index is 758. The summed E-state index contributed by atoms with van der Waals surface area (Å²) in [5.74, 6) is 0.337. The highest BCUT2D eigenvalue weighted by atomic mass is 16.5. The second-order valence-corrected chi connectivity index (χ2v) is 3.54. The zero-order chi connectivity index (χ0) is 13.1. The first kappa shape index (κ1) is 11.5. The molecule has 2 rings (SSSR count). The molecule has 0 aliphatic carbocycles. The van der Waals surface area contributed by atoms with E-state index in [-0.39, 0.29) is 16.7 Å². The number of hydrogen-bond donors (Lipinski definition) is 0. The topological polar surface area (TPSA) is 80.6 Å². The van der Waals surface area contributed by atoms with Crippen molar-refractivity contribution < 1.29 is 4.74 Å². The van der Waals surface area contributed by atoms with Crippen molar-refractivity contribution in [2.24, 2.45) is 0 Å². The monoisotopic (exact) mass is 233 g/mol. The van der Waals surface area contributed by atoms with Crippen molar-refractivity contribution in [3.8, 4) is 24.0 Å². The van der Waals surface area contributed by atoms with Gasteiger partial charge in [0.1, 0.15) is 29.5 Å². The first-order chi connectivity index (χ1) is 8.78. The van der Waals surface area contributed by atoms with Crippen LogP contribution in [0.2, 0.25) is 0 Å². The van der Waals surface area contributed by atoms with Gasteiger partial charge in [-0.3, -0.25) is 0 Å². The van der Waals surface area contributed by atoms with Gasteiger partial charge >= 0.3 is 0 Å². The Kier molecular flexibility index (Phi) is 2.83. The van der Waals surface area contributed by atoms with Gasteiger partial charge in [-0.05, 0) is 0 Å². The Hall–Kier alpha value is -3.03. The van der Waals surface area contributed by atoms with Crippen molar-refractivity contribution in [1.29, 1.82) is 15.8 Å². The summed E-state index contributed by atoms with van der Waals surface area (Å²) in [4.78, 5) is 0. The molecule has 4 heteroatoms. The molecule has 0 amide bonds. The minimum absolute atomic E-state index is 0.0653. The fourth-order valence-electron chi connectivity index (χ4n) is 1.95. The van der Waals surface area contributed by atoms with Gasteiger partial charge in [0.15, 0.2) is 0 Å². The molecular weight excluding hydrogens is 226 g/mol. The Morgan fingerprint density at radius 3 is 1.89 bits per heavy atom. The third kappa shape index (κ3) is 1.44. The number of fused-ring (bicyclic) bond motifs is 1. The van der Waals surface area contributed by atoms with Gasteiger partial charge < -0.3 is 4.74 Å². The van der Waals surface area contributed by atoms with Crippen LogP contribution in [0.5, 0.6) is 5.75 Å². The normalized spacial score (nSPS) is 9.22. The molecule has 0 fully saturated rings. The highest BCUT2D eigenvalue weighted by Gasteiger charge is 2.19. The van der Waals surface area contributed by atoms with Crippen molar-refractivity contribution in [1.82, 2.24) is 0 Å². The smallest absolute Gasteiger partial charge is 0.145 e. The standard InChI is InChI=1S/C14H7N3O/c1-18-14-10-5-3-2-4-9(10)11(6-15)12(7-16)13(14)8-17/h2-5H,1H3. The lowest BCUT2D eigenvalue weighted by Crippen LogP contribution is -1.97. The van der Waals surface area contributed by atoms with Crippen molar-refractivity contribution in [3.05, 3.63) is 41.0 Å². The molecule has 0 aliphatic heterocycles. The molecule has 0 spiro atoms. The van der Waals surface area contributed by atoms with E-state index in [9.17, 15) is 5.26 Å².